The number of hydrogen-bond donors (Lipinski definition) is 2. The van der Waals surface area contributed by atoms with Crippen LogP contribution < -0.4 is 10.2 Å². The van der Waals surface area contributed by atoms with Gasteiger partial charge in [-0.2, -0.15) is 24.5 Å². The van der Waals surface area contributed by atoms with Gasteiger partial charge in [-0.3, -0.25) is 9.69 Å². The fourth-order valence-electron chi connectivity index (χ4n) is 3.41. The van der Waals surface area contributed by atoms with Crippen molar-refractivity contribution >= 4 is 34.9 Å². The second-order valence-corrected chi connectivity index (χ2v) is 8.40. The molecule has 1 aromatic heterocycles. The molecule has 1 spiro atoms. The van der Waals surface area contributed by atoms with Crippen LogP contribution in [0.25, 0.3) is 0 Å². The van der Waals surface area contributed by atoms with E-state index in [2.05, 4.69) is 10.2 Å². The van der Waals surface area contributed by atoms with Gasteiger partial charge in [0.2, 0.25) is 5.91 Å². The molecule has 12 heteroatoms. The van der Waals surface area contributed by atoms with E-state index in [4.69, 9.17) is 9.90 Å². The molecule has 1 unspecified atom stereocenters. The zero-order valence-electron chi connectivity index (χ0n) is 16.9. The average molecular weight is 450 g/mol. The van der Waals surface area contributed by atoms with Crippen LogP contribution in [-0.2, 0) is 9.59 Å². The van der Waals surface area contributed by atoms with Gasteiger partial charge in [0.25, 0.3) is 0 Å². The molecule has 0 bridgehead atoms. The molecule has 0 aliphatic carbocycles. The fourth-order valence-corrected chi connectivity index (χ4v) is 4.06. The van der Waals surface area contributed by atoms with Crippen LogP contribution in [0.5, 0.6) is 0 Å². The molecule has 30 heavy (non-hydrogen) atoms. The molecule has 2 aliphatic rings. The van der Waals surface area contributed by atoms with E-state index >= 15 is 0 Å². The molecule has 1 aromatic rings. The number of piperazine rings is 1. The maximum atomic E-state index is 12.4. The number of anilines is 1. The van der Waals surface area contributed by atoms with Gasteiger partial charge in [0.05, 0.1) is 17.8 Å². The first-order valence-electron chi connectivity index (χ1n) is 9.25. The number of halogens is 3. The van der Waals surface area contributed by atoms with E-state index in [9.17, 15) is 22.8 Å². The number of nitrogens with zero attached hydrogens (tertiary/aromatic N) is 3. The van der Waals surface area contributed by atoms with Crippen molar-refractivity contribution in [3.63, 3.8) is 0 Å². The minimum absolute atomic E-state index is 0.00995. The van der Waals surface area contributed by atoms with E-state index in [0.717, 1.165) is 18.7 Å². The Balaban J connectivity index is 0.000000396. The van der Waals surface area contributed by atoms with E-state index in [1.54, 1.807) is 11.3 Å². The first-order valence-corrected chi connectivity index (χ1v) is 10.2. The number of likely N-dealkylation sites (tertiary alicyclic amines) is 1. The molecule has 168 valence electrons. The van der Waals surface area contributed by atoms with Gasteiger partial charge < -0.3 is 20.2 Å². The zero-order valence-corrected chi connectivity index (χ0v) is 17.7. The van der Waals surface area contributed by atoms with Crippen LogP contribution in [-0.4, -0.2) is 83.8 Å². The summed E-state index contributed by atoms with van der Waals surface area (Å²) in [5.74, 6) is -2.63. The van der Waals surface area contributed by atoms with Crippen LogP contribution in [0.4, 0.5) is 23.7 Å². The van der Waals surface area contributed by atoms with Gasteiger partial charge in [-0.05, 0) is 38.8 Å². The topological polar surface area (TPSA) is 93.2 Å². The Morgan fingerprint density at radius 2 is 1.93 bits per heavy atom. The molecule has 3 heterocycles. The first kappa shape index (κ1) is 23.9. The van der Waals surface area contributed by atoms with Gasteiger partial charge in [0.15, 0.2) is 0 Å². The molecule has 2 fully saturated rings. The molecule has 0 saturated carbocycles. The van der Waals surface area contributed by atoms with Crippen LogP contribution >= 0.6 is 11.3 Å². The predicted molar refractivity (Wildman–Crippen MR) is 106 cm³/mol. The predicted octanol–water partition coefficient (Wildman–Crippen LogP) is 2.22. The number of carboxylic acid groups (broad SMARTS) is 1. The van der Waals surface area contributed by atoms with E-state index in [1.807, 2.05) is 47.5 Å². The van der Waals surface area contributed by atoms with Gasteiger partial charge in [0.1, 0.15) is 0 Å². The Labute approximate surface area is 176 Å². The van der Waals surface area contributed by atoms with Crippen molar-refractivity contribution in [1.29, 1.82) is 0 Å². The Kier molecular flexibility index (Phi) is 7.35. The lowest BCUT2D eigenvalue weighted by Gasteiger charge is -2.46. The third-order valence-corrected chi connectivity index (χ3v) is 5.70. The third kappa shape index (κ3) is 5.63. The Hall–Kier alpha value is -2.34. The summed E-state index contributed by atoms with van der Waals surface area (Å²) >= 11 is 1.60. The van der Waals surface area contributed by atoms with E-state index < -0.39 is 12.1 Å². The van der Waals surface area contributed by atoms with E-state index in [0.29, 0.717) is 19.6 Å². The molecular formula is C18H25F3N4O4S. The third-order valence-electron chi connectivity index (χ3n) is 5.03. The minimum Gasteiger partial charge on any atom is -0.475 e. The van der Waals surface area contributed by atoms with Gasteiger partial charge in [-0.25, -0.2) is 9.59 Å². The number of likely N-dealkylation sites (N-methyl/N-ethyl adjacent to an activating group) is 1. The number of nitrogens with one attached hydrogen (secondary N) is 1. The molecule has 0 radical (unpaired) electrons. The summed E-state index contributed by atoms with van der Waals surface area (Å²) in [5.41, 5.74) is 0.821. The summed E-state index contributed by atoms with van der Waals surface area (Å²) in [6, 6.07) is 2.11. The number of carbonyl (C=O) groups excluding carboxylic acids is 2. The van der Waals surface area contributed by atoms with Crippen LogP contribution in [0.15, 0.2) is 16.8 Å². The molecule has 2 N–H and O–H groups in total. The molecule has 0 aromatic carbocycles. The van der Waals surface area contributed by atoms with Crippen molar-refractivity contribution in [2.45, 2.75) is 38.0 Å². The van der Waals surface area contributed by atoms with Crippen LogP contribution in [0.2, 0.25) is 0 Å². The smallest absolute Gasteiger partial charge is 0.475 e. The number of hydrogen-bond acceptors (Lipinski definition) is 5. The average Bonchev–Trinajstić information content (AvgIpc) is 3.28. The maximum absolute atomic E-state index is 12.4. The van der Waals surface area contributed by atoms with E-state index in [1.165, 1.54) is 0 Å². The van der Waals surface area contributed by atoms with Crippen LogP contribution in [0.1, 0.15) is 20.3 Å². The summed E-state index contributed by atoms with van der Waals surface area (Å²) < 4.78 is 31.7. The van der Waals surface area contributed by atoms with Gasteiger partial charge >= 0.3 is 18.2 Å². The number of thiophene rings is 1. The lowest BCUT2D eigenvalue weighted by molar-refractivity contribution is -0.192. The van der Waals surface area contributed by atoms with Crippen molar-refractivity contribution in [3.8, 4) is 0 Å². The first-order chi connectivity index (χ1) is 13.9. The number of alkyl halides is 3. The maximum Gasteiger partial charge on any atom is 0.490 e. The normalized spacial score (nSPS) is 22.3. The molecule has 2 aliphatic heterocycles. The highest BCUT2D eigenvalue weighted by atomic mass is 32.1. The van der Waals surface area contributed by atoms with Gasteiger partial charge in [-0.15, -0.1) is 0 Å². The summed E-state index contributed by atoms with van der Waals surface area (Å²) in [6.07, 6.45) is -4.19. The van der Waals surface area contributed by atoms with Gasteiger partial charge in [0, 0.05) is 31.1 Å². The second kappa shape index (κ2) is 9.21. The standard InChI is InChI=1S/C16H24N4O2S.C2HF3O2/c1-12(2)17-15(22)19-6-5-16(10-19)11-20(13-4-7-23-9-13)14(21)8-18(16)3;3-2(4,5)1(6)7/h4,7,9,12H,5-6,8,10-11H2,1-3H3,(H,17,22);(H,6,7). The largest absolute Gasteiger partial charge is 0.490 e. The monoisotopic (exact) mass is 450 g/mol. The quantitative estimate of drug-likeness (QED) is 0.721. The summed E-state index contributed by atoms with van der Waals surface area (Å²) in [4.78, 5) is 39.5. The molecule has 1 atom stereocenters. The lowest BCUT2D eigenvalue weighted by Crippen LogP contribution is -2.64. The Morgan fingerprint density at radius 3 is 2.43 bits per heavy atom. The number of aliphatic carboxylic acids is 1. The number of rotatable bonds is 2. The van der Waals surface area contributed by atoms with Crippen LogP contribution in [0.3, 0.4) is 0 Å². The highest BCUT2D eigenvalue weighted by Gasteiger charge is 2.48. The van der Waals surface area contributed by atoms with Gasteiger partial charge in [-0.1, -0.05) is 0 Å². The second-order valence-electron chi connectivity index (χ2n) is 7.62. The van der Waals surface area contributed by atoms with Crippen molar-refractivity contribution in [2.75, 3.05) is 38.1 Å². The molecule has 3 rings (SSSR count). The van der Waals surface area contributed by atoms with Crippen molar-refractivity contribution in [1.82, 2.24) is 15.1 Å². The number of amides is 3. The molecule has 2 saturated heterocycles. The summed E-state index contributed by atoms with van der Waals surface area (Å²) in [6.45, 7) is 6.37. The molecule has 8 nitrogen and oxygen atoms in total. The highest BCUT2D eigenvalue weighted by Crippen LogP contribution is 2.34. The Bertz CT molecular complexity index is 772. The van der Waals surface area contributed by atoms with Crippen molar-refractivity contribution in [2.24, 2.45) is 0 Å². The SMILES string of the molecule is CC(C)NC(=O)N1CCC2(C1)CN(c1ccsc1)C(=O)CN2C.O=C(O)C(F)(F)F. The Morgan fingerprint density at radius 1 is 1.30 bits per heavy atom. The number of carbonyl (C=O) groups is 3. The van der Waals surface area contributed by atoms with Crippen molar-refractivity contribution in [3.05, 3.63) is 16.8 Å². The highest BCUT2D eigenvalue weighted by molar-refractivity contribution is 7.08. The minimum atomic E-state index is -5.08. The summed E-state index contributed by atoms with van der Waals surface area (Å²) in [5, 5.41) is 14.1. The molecular weight excluding hydrogens is 425 g/mol. The van der Waals surface area contributed by atoms with E-state index in [-0.39, 0.29) is 23.5 Å². The molecule has 3 amide bonds. The lowest BCUT2D eigenvalue weighted by atomic mass is 9.93. The fraction of sp³-hybridized carbons (Fsp3) is 0.611. The van der Waals surface area contributed by atoms with Crippen molar-refractivity contribution < 1.29 is 32.7 Å². The van der Waals surface area contributed by atoms with Crippen LogP contribution in [0, 0.1) is 0 Å². The number of carboxylic acids is 1. The zero-order chi connectivity index (χ0) is 22.7. The summed E-state index contributed by atoms with van der Waals surface area (Å²) in [7, 11) is 1.99. The number of urea groups is 1.